The molecular weight excluding hydrogens is 423 g/mol. The van der Waals surface area contributed by atoms with Crippen molar-refractivity contribution in [3.8, 4) is 0 Å². The van der Waals surface area contributed by atoms with Crippen molar-refractivity contribution in [3.05, 3.63) is 81.9 Å². The summed E-state index contributed by atoms with van der Waals surface area (Å²) in [6, 6.07) is 14.5. The molecule has 0 aromatic heterocycles. The minimum absolute atomic E-state index is 0.353. The van der Waals surface area contributed by atoms with Crippen LogP contribution < -0.4 is 0 Å². The van der Waals surface area contributed by atoms with Crippen LogP contribution in [0.15, 0.2) is 60.7 Å². The molecule has 0 atom stereocenters. The highest BCUT2D eigenvalue weighted by atomic mass is 35.5. The molecule has 4 nitrogen and oxygen atoms in total. The molecule has 158 valence electrons. The van der Waals surface area contributed by atoms with E-state index in [-0.39, 0.29) is 0 Å². The number of esters is 2. The van der Waals surface area contributed by atoms with Gasteiger partial charge in [0.05, 0.1) is 13.2 Å². The Morgan fingerprint density at radius 3 is 1.47 bits per heavy atom. The van der Waals surface area contributed by atoms with Crippen LogP contribution in [0.3, 0.4) is 0 Å². The molecule has 2 rings (SSSR count). The Bertz CT molecular complexity index is 817. The minimum atomic E-state index is -0.394. The summed E-state index contributed by atoms with van der Waals surface area (Å²) in [7, 11) is 0. The Hall–Kier alpha value is -2.56. The predicted molar refractivity (Wildman–Crippen MR) is 121 cm³/mol. The van der Waals surface area contributed by atoms with Crippen molar-refractivity contribution in [3.63, 3.8) is 0 Å². The molecule has 0 spiro atoms. The molecule has 0 N–H and O–H groups in total. The zero-order chi connectivity index (χ0) is 21.6. The first-order chi connectivity index (χ1) is 14.6. The summed E-state index contributed by atoms with van der Waals surface area (Å²) in [5.41, 5.74) is 1.54. The Balaban J connectivity index is 1.51. The van der Waals surface area contributed by atoms with Crippen LogP contribution in [0.5, 0.6) is 0 Å². The third-order valence-electron chi connectivity index (χ3n) is 4.14. The maximum Gasteiger partial charge on any atom is 0.330 e. The molecule has 0 aliphatic rings. The van der Waals surface area contributed by atoms with Gasteiger partial charge in [-0.1, -0.05) is 59.6 Å². The van der Waals surface area contributed by atoms with Crippen LogP contribution in [0.1, 0.15) is 36.8 Å². The quantitative estimate of drug-likeness (QED) is 0.228. The second-order valence-electron chi connectivity index (χ2n) is 6.46. The summed E-state index contributed by atoms with van der Waals surface area (Å²) in [6.45, 7) is 0.706. The standard InChI is InChI=1S/C24H24Cl2O4/c25-21-11-5-3-9-19(21)13-15-23(27)29-17-7-1-2-8-18-30-24(28)16-14-20-10-4-6-12-22(20)26/h3-6,9-16H,1-2,7-8,17-18H2/b15-13+,16-14+. The van der Waals surface area contributed by atoms with Crippen LogP contribution >= 0.6 is 23.2 Å². The monoisotopic (exact) mass is 446 g/mol. The second-order valence-corrected chi connectivity index (χ2v) is 7.27. The Morgan fingerprint density at radius 1 is 0.667 bits per heavy atom. The predicted octanol–water partition coefficient (Wildman–Crippen LogP) is 6.37. The van der Waals surface area contributed by atoms with Gasteiger partial charge in [0.1, 0.15) is 0 Å². The third kappa shape index (κ3) is 9.29. The summed E-state index contributed by atoms with van der Waals surface area (Å²) in [4.78, 5) is 23.4. The average molecular weight is 447 g/mol. The summed E-state index contributed by atoms with van der Waals surface area (Å²) >= 11 is 12.0. The maximum atomic E-state index is 11.7. The Labute approximate surface area is 187 Å². The highest BCUT2D eigenvalue weighted by molar-refractivity contribution is 6.32. The van der Waals surface area contributed by atoms with Crippen molar-refractivity contribution >= 4 is 47.3 Å². The first kappa shape index (κ1) is 23.7. The number of benzene rings is 2. The van der Waals surface area contributed by atoms with Crippen molar-refractivity contribution in [2.45, 2.75) is 25.7 Å². The highest BCUT2D eigenvalue weighted by Crippen LogP contribution is 2.17. The fraction of sp³-hybridized carbons (Fsp3) is 0.250. The minimum Gasteiger partial charge on any atom is -0.463 e. The number of ether oxygens (including phenoxy) is 2. The van der Waals surface area contributed by atoms with Crippen molar-refractivity contribution in [2.75, 3.05) is 13.2 Å². The third-order valence-corrected chi connectivity index (χ3v) is 4.82. The molecule has 30 heavy (non-hydrogen) atoms. The van der Waals surface area contributed by atoms with Gasteiger partial charge in [0.2, 0.25) is 0 Å². The lowest BCUT2D eigenvalue weighted by atomic mass is 10.2. The lowest BCUT2D eigenvalue weighted by Gasteiger charge is -2.04. The zero-order valence-corrected chi connectivity index (χ0v) is 18.1. The number of unbranched alkanes of at least 4 members (excludes halogenated alkanes) is 3. The van der Waals surface area contributed by atoms with Crippen LogP contribution in [0, 0.1) is 0 Å². The van der Waals surface area contributed by atoms with Gasteiger partial charge in [-0.25, -0.2) is 9.59 Å². The summed E-state index contributed by atoms with van der Waals surface area (Å²) in [5, 5.41) is 1.17. The number of hydrogen-bond donors (Lipinski definition) is 0. The zero-order valence-electron chi connectivity index (χ0n) is 16.6. The number of rotatable bonds is 11. The molecule has 0 fully saturated rings. The van der Waals surface area contributed by atoms with Crippen LogP contribution in [0.2, 0.25) is 10.0 Å². The Kier molecular flexibility index (Phi) is 10.8. The van der Waals surface area contributed by atoms with E-state index in [0.717, 1.165) is 36.8 Å². The molecule has 0 saturated carbocycles. The lowest BCUT2D eigenvalue weighted by Crippen LogP contribution is -2.04. The largest absolute Gasteiger partial charge is 0.463 e. The molecule has 0 heterocycles. The first-order valence-corrected chi connectivity index (χ1v) is 10.5. The van der Waals surface area contributed by atoms with Crippen LogP contribution in [0.4, 0.5) is 0 Å². The van der Waals surface area contributed by atoms with E-state index in [9.17, 15) is 9.59 Å². The van der Waals surface area contributed by atoms with Gasteiger partial charge in [-0.15, -0.1) is 0 Å². The SMILES string of the molecule is O=C(/C=C/c1ccccc1Cl)OCCCCCCOC(=O)/C=C/c1ccccc1Cl. The summed E-state index contributed by atoms with van der Waals surface area (Å²) in [6.07, 6.45) is 9.30. The van der Waals surface area contributed by atoms with Crippen LogP contribution in [-0.2, 0) is 19.1 Å². The van der Waals surface area contributed by atoms with Gasteiger partial charge in [0.25, 0.3) is 0 Å². The van der Waals surface area contributed by atoms with Crippen molar-refractivity contribution in [2.24, 2.45) is 0 Å². The molecular formula is C24H24Cl2O4. The molecule has 2 aromatic carbocycles. The molecule has 0 aliphatic heterocycles. The summed E-state index contributed by atoms with van der Waals surface area (Å²) < 4.78 is 10.3. The lowest BCUT2D eigenvalue weighted by molar-refractivity contribution is -0.139. The van der Waals surface area contributed by atoms with E-state index in [2.05, 4.69) is 0 Å². The van der Waals surface area contributed by atoms with E-state index in [4.69, 9.17) is 32.7 Å². The Morgan fingerprint density at radius 2 is 1.07 bits per heavy atom. The van der Waals surface area contributed by atoms with Gasteiger partial charge < -0.3 is 9.47 Å². The van der Waals surface area contributed by atoms with E-state index in [0.29, 0.717) is 23.3 Å². The van der Waals surface area contributed by atoms with Crippen molar-refractivity contribution < 1.29 is 19.1 Å². The number of hydrogen-bond acceptors (Lipinski definition) is 4. The molecule has 0 amide bonds. The van der Waals surface area contributed by atoms with Gasteiger partial charge in [0, 0.05) is 22.2 Å². The van der Waals surface area contributed by atoms with Gasteiger partial charge in [-0.3, -0.25) is 0 Å². The molecule has 0 unspecified atom stereocenters. The van der Waals surface area contributed by atoms with Crippen molar-refractivity contribution in [1.29, 1.82) is 0 Å². The molecule has 6 heteroatoms. The van der Waals surface area contributed by atoms with E-state index in [1.54, 1.807) is 24.3 Å². The average Bonchev–Trinajstić information content (AvgIpc) is 2.74. The van der Waals surface area contributed by atoms with Gasteiger partial charge in [0.15, 0.2) is 0 Å². The highest BCUT2D eigenvalue weighted by Gasteiger charge is 2.01. The molecule has 0 saturated heterocycles. The fourth-order valence-electron chi connectivity index (χ4n) is 2.54. The molecule has 0 bridgehead atoms. The maximum absolute atomic E-state index is 11.7. The fourth-order valence-corrected chi connectivity index (χ4v) is 2.93. The topological polar surface area (TPSA) is 52.6 Å². The van der Waals surface area contributed by atoms with Crippen LogP contribution in [-0.4, -0.2) is 25.2 Å². The van der Waals surface area contributed by atoms with Crippen LogP contribution in [0.25, 0.3) is 12.2 Å². The smallest absolute Gasteiger partial charge is 0.330 e. The molecule has 2 aromatic rings. The molecule has 0 radical (unpaired) electrons. The molecule has 0 aliphatic carbocycles. The summed E-state index contributed by atoms with van der Waals surface area (Å²) in [5.74, 6) is -0.789. The van der Waals surface area contributed by atoms with Gasteiger partial charge in [-0.05, 0) is 61.1 Å². The van der Waals surface area contributed by atoms with E-state index < -0.39 is 11.9 Å². The van der Waals surface area contributed by atoms with Gasteiger partial charge >= 0.3 is 11.9 Å². The van der Waals surface area contributed by atoms with E-state index >= 15 is 0 Å². The van der Waals surface area contributed by atoms with E-state index in [1.165, 1.54) is 12.2 Å². The van der Waals surface area contributed by atoms with Gasteiger partial charge in [-0.2, -0.15) is 0 Å². The number of halogens is 2. The van der Waals surface area contributed by atoms with Crippen molar-refractivity contribution in [1.82, 2.24) is 0 Å². The second kappa shape index (κ2) is 13.6. The first-order valence-electron chi connectivity index (χ1n) is 9.75. The normalized spacial score (nSPS) is 11.1. The number of carbonyl (C=O) groups is 2. The number of carbonyl (C=O) groups excluding carboxylic acids is 2. The van der Waals surface area contributed by atoms with E-state index in [1.807, 2.05) is 36.4 Å².